The Morgan fingerprint density at radius 3 is 2.89 bits per heavy atom. The summed E-state index contributed by atoms with van der Waals surface area (Å²) in [5.41, 5.74) is 0.0574. The number of rotatable bonds is 6. The quantitative estimate of drug-likeness (QED) is 0.526. The summed E-state index contributed by atoms with van der Waals surface area (Å²) in [6, 6.07) is 2.92. The topological polar surface area (TPSA) is 99.6 Å². The van der Waals surface area contributed by atoms with E-state index in [1.807, 2.05) is 0 Å². The molecule has 0 aliphatic carbocycles. The maximum Gasteiger partial charge on any atom is 0.256 e. The van der Waals surface area contributed by atoms with Crippen LogP contribution < -0.4 is 10.2 Å². The number of aromatic nitrogens is 1. The molecule has 0 saturated heterocycles. The second kappa shape index (κ2) is 7.02. The van der Waals surface area contributed by atoms with Crippen molar-refractivity contribution in [2.24, 2.45) is 0 Å². The van der Waals surface area contributed by atoms with Gasteiger partial charge >= 0.3 is 0 Å². The van der Waals surface area contributed by atoms with Crippen molar-refractivity contribution in [1.29, 1.82) is 0 Å². The number of pyridine rings is 1. The number of hydrogen-bond donors (Lipinski definition) is 2. The van der Waals surface area contributed by atoms with Crippen LogP contribution in [0.4, 0.5) is 5.82 Å². The van der Waals surface area contributed by atoms with Crippen molar-refractivity contribution < 1.29 is 19.5 Å². The second-order valence-corrected chi connectivity index (χ2v) is 3.31. The van der Waals surface area contributed by atoms with Crippen molar-refractivity contribution in [3.8, 4) is 0 Å². The first-order valence-electron chi connectivity index (χ1n) is 5.28. The zero-order chi connectivity index (χ0) is 14.3. The first kappa shape index (κ1) is 14.5. The first-order chi connectivity index (χ1) is 9.15. The molecule has 0 aromatic carbocycles. The minimum atomic E-state index is -0.613. The average molecular weight is 262 g/mol. The molecule has 0 bridgehead atoms. The van der Waals surface area contributed by atoms with E-state index in [0.717, 1.165) is 11.0 Å². The van der Waals surface area contributed by atoms with E-state index in [4.69, 9.17) is 5.11 Å². The number of anilines is 1. The number of aliphatic hydroxyl groups excluding tert-OH is 1. The number of nitrogens with zero attached hydrogens (tertiary/aromatic N) is 2. The lowest BCUT2D eigenvalue weighted by Crippen LogP contribution is -2.35. The van der Waals surface area contributed by atoms with Crippen molar-refractivity contribution in [2.75, 3.05) is 18.2 Å². The highest BCUT2D eigenvalue weighted by Gasteiger charge is 2.21. The predicted octanol–water partition coefficient (Wildman–Crippen LogP) is -0.610. The minimum Gasteiger partial charge on any atom is -0.376 e. The van der Waals surface area contributed by atoms with E-state index in [-0.39, 0.29) is 17.9 Å². The SMILES string of the molecule is C=CC(=O)N(C[C]=O)c1ncccc1C(=O)NCO. The maximum atomic E-state index is 11.7. The van der Waals surface area contributed by atoms with E-state index >= 15 is 0 Å². The molecule has 1 radical (unpaired) electrons. The number of hydrogen-bond acceptors (Lipinski definition) is 5. The van der Waals surface area contributed by atoms with Crippen molar-refractivity contribution in [1.82, 2.24) is 10.3 Å². The molecule has 0 fully saturated rings. The third kappa shape index (κ3) is 3.46. The van der Waals surface area contributed by atoms with Crippen LogP contribution in [0.15, 0.2) is 31.0 Å². The Morgan fingerprint density at radius 1 is 1.58 bits per heavy atom. The molecule has 2 amide bonds. The Balaban J connectivity index is 3.22. The van der Waals surface area contributed by atoms with Crippen LogP contribution in [-0.4, -0.2) is 41.5 Å². The zero-order valence-electron chi connectivity index (χ0n) is 10.00. The monoisotopic (exact) mass is 262 g/mol. The summed E-state index contributed by atoms with van der Waals surface area (Å²) in [6.07, 6.45) is 3.94. The summed E-state index contributed by atoms with van der Waals surface area (Å²) < 4.78 is 0. The third-order valence-electron chi connectivity index (χ3n) is 2.19. The summed E-state index contributed by atoms with van der Waals surface area (Å²) in [4.78, 5) is 38.7. The maximum absolute atomic E-state index is 11.7. The van der Waals surface area contributed by atoms with Crippen LogP contribution in [0, 0.1) is 0 Å². The van der Waals surface area contributed by atoms with Crippen molar-refractivity contribution in [3.63, 3.8) is 0 Å². The predicted molar refractivity (Wildman–Crippen MR) is 67.0 cm³/mol. The number of amides is 2. The Hall–Kier alpha value is -2.54. The Kier molecular flexibility index (Phi) is 5.36. The molecule has 0 aliphatic rings. The molecule has 1 aromatic rings. The molecular weight excluding hydrogens is 250 g/mol. The summed E-state index contributed by atoms with van der Waals surface area (Å²) in [5, 5.41) is 10.8. The van der Waals surface area contributed by atoms with Crippen molar-refractivity contribution in [2.45, 2.75) is 0 Å². The van der Waals surface area contributed by atoms with E-state index in [2.05, 4.69) is 16.9 Å². The molecule has 1 rings (SSSR count). The molecule has 1 aromatic heterocycles. The number of carbonyl (C=O) groups excluding carboxylic acids is 3. The Bertz CT molecular complexity index is 502. The fraction of sp³-hybridized carbons (Fsp3) is 0.167. The van der Waals surface area contributed by atoms with Gasteiger partial charge < -0.3 is 10.4 Å². The molecule has 7 heteroatoms. The molecule has 0 saturated carbocycles. The van der Waals surface area contributed by atoms with E-state index < -0.39 is 18.5 Å². The van der Waals surface area contributed by atoms with Crippen molar-refractivity contribution in [3.05, 3.63) is 36.5 Å². The molecule has 2 N–H and O–H groups in total. The Morgan fingerprint density at radius 2 is 2.32 bits per heavy atom. The smallest absolute Gasteiger partial charge is 0.256 e. The lowest BCUT2D eigenvalue weighted by molar-refractivity contribution is -0.114. The van der Waals surface area contributed by atoms with E-state index in [0.29, 0.717) is 0 Å². The number of aliphatic hydroxyl groups is 1. The number of nitrogens with one attached hydrogen (secondary N) is 1. The van der Waals surface area contributed by atoms with Crippen molar-refractivity contribution >= 4 is 23.9 Å². The van der Waals surface area contributed by atoms with Gasteiger partial charge in [-0.05, 0) is 18.2 Å². The van der Waals surface area contributed by atoms with Gasteiger partial charge in [0.2, 0.25) is 6.29 Å². The van der Waals surface area contributed by atoms with Gasteiger partial charge in [0.05, 0.1) is 12.1 Å². The molecule has 99 valence electrons. The van der Waals surface area contributed by atoms with Crippen LogP contribution in [0.3, 0.4) is 0 Å². The fourth-order valence-corrected chi connectivity index (χ4v) is 1.39. The normalized spacial score (nSPS) is 9.53. The third-order valence-corrected chi connectivity index (χ3v) is 2.19. The Labute approximate surface area is 109 Å². The zero-order valence-corrected chi connectivity index (χ0v) is 10.00. The highest BCUT2D eigenvalue weighted by atomic mass is 16.3. The van der Waals surface area contributed by atoms with Crippen LogP contribution in [-0.2, 0) is 9.59 Å². The molecule has 0 atom stereocenters. The van der Waals surface area contributed by atoms with Gasteiger partial charge in [0, 0.05) is 6.20 Å². The minimum absolute atomic E-state index is 0.00157. The average Bonchev–Trinajstić information content (AvgIpc) is 2.44. The number of carbonyl (C=O) groups is 2. The highest BCUT2D eigenvalue weighted by Crippen LogP contribution is 2.17. The molecule has 1 heterocycles. The lowest BCUT2D eigenvalue weighted by Gasteiger charge is -2.19. The molecular formula is C12H12N3O4. The summed E-state index contributed by atoms with van der Waals surface area (Å²) in [6.45, 7) is 2.38. The van der Waals surface area contributed by atoms with E-state index in [1.165, 1.54) is 18.3 Å². The van der Waals surface area contributed by atoms with Gasteiger partial charge in [-0.1, -0.05) is 6.58 Å². The van der Waals surface area contributed by atoms with E-state index in [9.17, 15) is 14.4 Å². The molecule has 7 nitrogen and oxygen atoms in total. The van der Waals surface area contributed by atoms with Crippen LogP contribution in [0.2, 0.25) is 0 Å². The largest absolute Gasteiger partial charge is 0.376 e. The van der Waals surface area contributed by atoms with Crippen LogP contribution in [0.5, 0.6) is 0 Å². The van der Waals surface area contributed by atoms with Crippen LogP contribution >= 0.6 is 0 Å². The van der Waals surface area contributed by atoms with Gasteiger partial charge in [-0.2, -0.15) is 0 Å². The lowest BCUT2D eigenvalue weighted by atomic mass is 10.2. The van der Waals surface area contributed by atoms with Gasteiger partial charge in [-0.3, -0.25) is 19.3 Å². The second-order valence-electron chi connectivity index (χ2n) is 3.31. The van der Waals surface area contributed by atoms with Gasteiger partial charge in [-0.15, -0.1) is 0 Å². The van der Waals surface area contributed by atoms with Gasteiger partial charge in [0.25, 0.3) is 11.8 Å². The summed E-state index contributed by atoms with van der Waals surface area (Å²) in [7, 11) is 0. The molecule has 0 spiro atoms. The van der Waals surface area contributed by atoms with Gasteiger partial charge in [-0.25, -0.2) is 4.98 Å². The van der Waals surface area contributed by atoms with Crippen LogP contribution in [0.25, 0.3) is 0 Å². The standard InChI is InChI=1S/C12H12N3O4/c1-2-10(18)15(6-7-16)11-9(4-3-5-13-11)12(19)14-8-17/h2-5,17H,1,6,8H2,(H,14,19). The summed E-state index contributed by atoms with van der Waals surface area (Å²) in [5.74, 6) is -1.19. The molecule has 0 unspecified atom stereocenters. The molecule has 0 aliphatic heterocycles. The van der Waals surface area contributed by atoms with Crippen LogP contribution in [0.1, 0.15) is 10.4 Å². The summed E-state index contributed by atoms with van der Waals surface area (Å²) >= 11 is 0. The van der Waals surface area contributed by atoms with E-state index in [1.54, 1.807) is 6.29 Å². The first-order valence-corrected chi connectivity index (χ1v) is 5.28. The fourth-order valence-electron chi connectivity index (χ4n) is 1.39. The van der Waals surface area contributed by atoms with Gasteiger partial charge in [0.1, 0.15) is 12.5 Å². The van der Waals surface area contributed by atoms with Gasteiger partial charge in [0.15, 0.2) is 0 Å². The molecule has 19 heavy (non-hydrogen) atoms. The highest BCUT2D eigenvalue weighted by molar-refractivity contribution is 6.07.